The van der Waals surface area contributed by atoms with Gasteiger partial charge in [-0.1, -0.05) is 25.0 Å². The molecule has 1 amide bonds. The first kappa shape index (κ1) is 23.1. The molecule has 31 heavy (non-hydrogen) atoms. The van der Waals surface area contributed by atoms with Crippen LogP contribution in [0.2, 0.25) is 0 Å². The van der Waals surface area contributed by atoms with Gasteiger partial charge in [-0.3, -0.25) is 4.79 Å². The highest BCUT2D eigenvalue weighted by Gasteiger charge is 2.30. The quantitative estimate of drug-likeness (QED) is 0.663. The van der Waals surface area contributed by atoms with E-state index >= 15 is 0 Å². The average Bonchev–Trinajstić information content (AvgIpc) is 3.23. The second kappa shape index (κ2) is 9.27. The summed E-state index contributed by atoms with van der Waals surface area (Å²) in [7, 11) is -2.58. The molecule has 1 fully saturated rings. The summed E-state index contributed by atoms with van der Waals surface area (Å²) >= 11 is 0. The molecular formula is C21H23F3N2O4S. The first-order valence-corrected chi connectivity index (χ1v) is 11.2. The first-order valence-electron chi connectivity index (χ1n) is 9.75. The Balaban J connectivity index is 1.77. The van der Waals surface area contributed by atoms with Gasteiger partial charge in [0.05, 0.1) is 12.7 Å². The Morgan fingerprint density at radius 2 is 1.84 bits per heavy atom. The largest absolute Gasteiger partial charge is 0.495 e. The van der Waals surface area contributed by atoms with E-state index in [4.69, 9.17) is 4.74 Å². The van der Waals surface area contributed by atoms with Crippen molar-refractivity contribution in [3.63, 3.8) is 0 Å². The predicted molar refractivity (Wildman–Crippen MR) is 108 cm³/mol. The minimum Gasteiger partial charge on any atom is -0.495 e. The maximum atomic E-state index is 12.8. The monoisotopic (exact) mass is 456 g/mol. The number of carbonyl (C=O) groups is 1. The zero-order valence-corrected chi connectivity index (χ0v) is 17.6. The number of hydrogen-bond donors (Lipinski definition) is 2. The smallest absolute Gasteiger partial charge is 0.416 e. The number of ether oxygens (including phenoxy) is 1. The van der Waals surface area contributed by atoms with Crippen LogP contribution in [-0.2, 0) is 22.7 Å². The maximum Gasteiger partial charge on any atom is 0.416 e. The molecule has 0 heterocycles. The van der Waals surface area contributed by atoms with Gasteiger partial charge in [0.25, 0.3) is 5.91 Å². The number of rotatable bonds is 7. The van der Waals surface area contributed by atoms with Crippen LogP contribution in [0.1, 0.15) is 47.2 Å². The Morgan fingerprint density at radius 3 is 2.48 bits per heavy atom. The predicted octanol–water partition coefficient (Wildman–Crippen LogP) is 3.86. The minimum atomic E-state index is -4.48. The van der Waals surface area contributed by atoms with Crippen LogP contribution in [0.25, 0.3) is 0 Å². The van der Waals surface area contributed by atoms with Crippen LogP contribution in [0.4, 0.5) is 13.2 Å². The number of benzene rings is 2. The fraction of sp³-hybridized carbons (Fsp3) is 0.381. The summed E-state index contributed by atoms with van der Waals surface area (Å²) in [6.07, 6.45) is -1.09. The van der Waals surface area contributed by atoms with Crippen LogP contribution in [0.3, 0.4) is 0 Å². The number of alkyl halides is 3. The SMILES string of the molecule is COc1ccc(C(=O)NCc2cccc(C(F)(F)F)c2)cc1S(=O)(=O)NC1CCCC1. The van der Waals surface area contributed by atoms with E-state index in [2.05, 4.69) is 10.0 Å². The maximum absolute atomic E-state index is 12.8. The lowest BCUT2D eigenvalue weighted by molar-refractivity contribution is -0.137. The van der Waals surface area contributed by atoms with Gasteiger partial charge < -0.3 is 10.1 Å². The molecule has 0 aromatic heterocycles. The van der Waals surface area contributed by atoms with Crippen molar-refractivity contribution in [3.8, 4) is 5.75 Å². The van der Waals surface area contributed by atoms with Crippen molar-refractivity contribution in [2.24, 2.45) is 0 Å². The topological polar surface area (TPSA) is 84.5 Å². The van der Waals surface area contributed by atoms with Crippen molar-refractivity contribution in [2.75, 3.05) is 7.11 Å². The summed E-state index contributed by atoms with van der Waals surface area (Å²) < 4.78 is 72.0. The van der Waals surface area contributed by atoms with Gasteiger partial charge in [0.15, 0.2) is 0 Å². The molecule has 1 aliphatic rings. The molecule has 2 aromatic rings. The fourth-order valence-electron chi connectivity index (χ4n) is 3.50. The molecule has 168 valence electrons. The molecule has 1 aliphatic carbocycles. The van der Waals surface area contributed by atoms with Crippen molar-refractivity contribution in [2.45, 2.75) is 49.3 Å². The van der Waals surface area contributed by atoms with Gasteiger partial charge in [-0.25, -0.2) is 13.1 Å². The summed E-state index contributed by atoms with van der Waals surface area (Å²) in [4.78, 5) is 12.4. The Hall–Kier alpha value is -2.59. The number of carbonyl (C=O) groups excluding carboxylic acids is 1. The standard InChI is InChI=1S/C21H23F3N2O4S/c1-30-18-10-9-15(12-19(18)31(28,29)26-17-7-2-3-8-17)20(27)25-13-14-5-4-6-16(11-14)21(22,23)24/h4-6,9-12,17,26H,2-3,7-8,13H2,1H3,(H,25,27). The van der Waals surface area contributed by atoms with Crippen molar-refractivity contribution in [3.05, 3.63) is 59.2 Å². The summed E-state index contributed by atoms with van der Waals surface area (Å²) in [6.45, 7) is -0.142. The Bertz CT molecular complexity index is 1050. The molecule has 0 bridgehead atoms. The van der Waals surface area contributed by atoms with Crippen molar-refractivity contribution >= 4 is 15.9 Å². The third-order valence-corrected chi connectivity index (χ3v) is 6.64. The molecule has 0 atom stereocenters. The number of methoxy groups -OCH3 is 1. The molecule has 2 N–H and O–H groups in total. The Morgan fingerprint density at radius 1 is 1.13 bits per heavy atom. The highest BCUT2D eigenvalue weighted by atomic mass is 32.2. The van der Waals surface area contributed by atoms with E-state index in [9.17, 15) is 26.4 Å². The normalized spacial score (nSPS) is 15.1. The van der Waals surface area contributed by atoms with Crippen LogP contribution in [0, 0.1) is 0 Å². The average molecular weight is 456 g/mol. The summed E-state index contributed by atoms with van der Waals surface area (Å²) in [5, 5.41) is 2.52. The Kier molecular flexibility index (Phi) is 6.90. The molecule has 2 aromatic carbocycles. The second-order valence-corrected chi connectivity index (χ2v) is 9.03. The highest BCUT2D eigenvalue weighted by molar-refractivity contribution is 7.89. The van der Waals surface area contributed by atoms with E-state index in [-0.39, 0.29) is 34.4 Å². The zero-order chi connectivity index (χ0) is 22.6. The third kappa shape index (κ3) is 5.76. The molecule has 6 nitrogen and oxygen atoms in total. The lowest BCUT2D eigenvalue weighted by Gasteiger charge is -2.16. The number of amides is 1. The first-order chi connectivity index (χ1) is 14.6. The van der Waals surface area contributed by atoms with Crippen LogP contribution >= 0.6 is 0 Å². The highest BCUT2D eigenvalue weighted by Crippen LogP contribution is 2.30. The molecule has 1 saturated carbocycles. The van der Waals surface area contributed by atoms with Gasteiger partial charge in [-0.15, -0.1) is 0 Å². The number of nitrogens with one attached hydrogen (secondary N) is 2. The van der Waals surface area contributed by atoms with Gasteiger partial charge in [0.1, 0.15) is 10.6 Å². The van der Waals surface area contributed by atoms with Gasteiger partial charge in [0, 0.05) is 18.2 Å². The van der Waals surface area contributed by atoms with Gasteiger partial charge in [-0.05, 0) is 48.7 Å². The third-order valence-electron chi connectivity index (χ3n) is 5.10. The lowest BCUT2D eigenvalue weighted by Crippen LogP contribution is -2.33. The van der Waals surface area contributed by atoms with Crippen LogP contribution in [0.5, 0.6) is 5.75 Å². The minimum absolute atomic E-state index is 0.0552. The molecular weight excluding hydrogens is 433 g/mol. The van der Waals surface area contributed by atoms with Gasteiger partial charge >= 0.3 is 6.18 Å². The molecule has 0 spiro atoms. The number of sulfonamides is 1. The van der Waals surface area contributed by atoms with Crippen LogP contribution < -0.4 is 14.8 Å². The van der Waals surface area contributed by atoms with E-state index in [0.717, 1.165) is 37.8 Å². The summed E-state index contributed by atoms with van der Waals surface area (Å²) in [5.74, 6) is -0.516. The van der Waals surface area contributed by atoms with Gasteiger partial charge in [0.2, 0.25) is 10.0 Å². The molecule has 0 aliphatic heterocycles. The summed E-state index contributed by atoms with van der Waals surface area (Å²) in [5.41, 5.74) is -0.484. The summed E-state index contributed by atoms with van der Waals surface area (Å²) in [6, 6.07) is 8.45. The molecule has 3 rings (SSSR count). The molecule has 0 saturated heterocycles. The Labute approximate surface area is 178 Å². The second-order valence-electron chi connectivity index (χ2n) is 7.35. The van der Waals surface area contributed by atoms with E-state index in [0.29, 0.717) is 0 Å². The van der Waals surface area contributed by atoms with E-state index in [1.807, 2.05) is 0 Å². The van der Waals surface area contributed by atoms with Gasteiger partial charge in [-0.2, -0.15) is 13.2 Å². The van der Waals surface area contributed by atoms with E-state index in [1.165, 1.54) is 37.4 Å². The molecule has 0 unspecified atom stereocenters. The molecule has 10 heteroatoms. The van der Waals surface area contributed by atoms with E-state index < -0.39 is 27.7 Å². The number of hydrogen-bond acceptors (Lipinski definition) is 4. The fourth-order valence-corrected chi connectivity index (χ4v) is 5.00. The van der Waals surface area contributed by atoms with Crippen molar-refractivity contribution < 1.29 is 31.1 Å². The van der Waals surface area contributed by atoms with Crippen molar-refractivity contribution in [1.29, 1.82) is 0 Å². The number of halogens is 3. The zero-order valence-electron chi connectivity index (χ0n) is 16.8. The lowest BCUT2D eigenvalue weighted by atomic mass is 10.1. The van der Waals surface area contributed by atoms with E-state index in [1.54, 1.807) is 0 Å². The van der Waals surface area contributed by atoms with Crippen molar-refractivity contribution in [1.82, 2.24) is 10.0 Å². The van der Waals surface area contributed by atoms with Crippen LogP contribution in [0.15, 0.2) is 47.4 Å². The molecule has 0 radical (unpaired) electrons. The van der Waals surface area contributed by atoms with Crippen LogP contribution in [-0.4, -0.2) is 27.5 Å².